The highest BCUT2D eigenvalue weighted by molar-refractivity contribution is 7.88. The van der Waals surface area contributed by atoms with Crippen molar-refractivity contribution in [3.8, 4) is 0 Å². The molecule has 0 aromatic heterocycles. The topological polar surface area (TPSA) is 58.6 Å². The standard InChI is InChI=1S/C14H22N2O3S/c1-15-9-12-3-5-13(6-4-12)11-20(17,18)16-8-7-14(10-16)19-2/h3-6,14-15H,7-11H2,1-2H3. The maximum absolute atomic E-state index is 12.3. The van der Waals surface area contributed by atoms with Crippen LogP contribution in [-0.2, 0) is 27.1 Å². The van der Waals surface area contributed by atoms with Crippen LogP contribution in [0.2, 0.25) is 0 Å². The lowest BCUT2D eigenvalue weighted by molar-refractivity contribution is 0.115. The second kappa shape index (κ2) is 6.67. The van der Waals surface area contributed by atoms with E-state index in [0.29, 0.717) is 13.1 Å². The number of methoxy groups -OCH3 is 1. The summed E-state index contributed by atoms with van der Waals surface area (Å²) in [7, 11) is 0.270. The first-order valence-electron chi connectivity index (χ1n) is 6.78. The van der Waals surface area contributed by atoms with Crippen molar-refractivity contribution >= 4 is 10.0 Å². The summed E-state index contributed by atoms with van der Waals surface area (Å²) in [6, 6.07) is 7.69. The van der Waals surface area contributed by atoms with Gasteiger partial charge in [-0.1, -0.05) is 24.3 Å². The summed E-state index contributed by atoms with van der Waals surface area (Å²) in [5.41, 5.74) is 1.97. The first-order chi connectivity index (χ1) is 9.55. The average Bonchev–Trinajstić information content (AvgIpc) is 2.91. The fourth-order valence-corrected chi connectivity index (χ4v) is 3.98. The minimum atomic E-state index is -3.24. The third-order valence-electron chi connectivity index (χ3n) is 3.59. The van der Waals surface area contributed by atoms with Crippen LogP contribution < -0.4 is 5.32 Å². The molecule has 1 atom stereocenters. The van der Waals surface area contributed by atoms with E-state index in [4.69, 9.17) is 4.74 Å². The predicted molar refractivity (Wildman–Crippen MR) is 78.8 cm³/mol. The fourth-order valence-electron chi connectivity index (χ4n) is 2.40. The molecule has 0 radical (unpaired) electrons. The molecule has 6 heteroatoms. The minimum Gasteiger partial charge on any atom is -0.380 e. The van der Waals surface area contributed by atoms with Gasteiger partial charge in [0.15, 0.2) is 0 Å². The Morgan fingerprint density at radius 3 is 2.50 bits per heavy atom. The molecular weight excluding hydrogens is 276 g/mol. The lowest BCUT2D eigenvalue weighted by Gasteiger charge is -2.16. The van der Waals surface area contributed by atoms with Crippen molar-refractivity contribution in [1.29, 1.82) is 0 Å². The van der Waals surface area contributed by atoms with Gasteiger partial charge in [0.25, 0.3) is 0 Å². The highest BCUT2D eigenvalue weighted by atomic mass is 32.2. The Morgan fingerprint density at radius 1 is 1.30 bits per heavy atom. The van der Waals surface area contributed by atoms with Crippen molar-refractivity contribution < 1.29 is 13.2 Å². The number of hydrogen-bond acceptors (Lipinski definition) is 4. The van der Waals surface area contributed by atoms with Crippen molar-refractivity contribution in [2.45, 2.75) is 24.8 Å². The number of sulfonamides is 1. The molecule has 1 aliphatic heterocycles. The predicted octanol–water partition coefficient (Wildman–Crippen LogP) is 0.956. The molecule has 1 unspecified atom stereocenters. The van der Waals surface area contributed by atoms with Gasteiger partial charge in [-0.05, 0) is 24.6 Å². The van der Waals surface area contributed by atoms with E-state index in [2.05, 4.69) is 5.32 Å². The number of benzene rings is 1. The largest absolute Gasteiger partial charge is 0.380 e. The molecule has 0 spiro atoms. The van der Waals surface area contributed by atoms with Crippen LogP contribution in [0.5, 0.6) is 0 Å². The molecule has 0 bridgehead atoms. The number of ether oxygens (including phenoxy) is 1. The molecule has 1 aromatic carbocycles. The van der Waals surface area contributed by atoms with Crippen molar-refractivity contribution in [1.82, 2.24) is 9.62 Å². The summed E-state index contributed by atoms with van der Waals surface area (Å²) in [5, 5.41) is 3.07. The zero-order chi connectivity index (χ0) is 14.6. The van der Waals surface area contributed by atoms with Gasteiger partial charge in [0.1, 0.15) is 0 Å². The fraction of sp³-hybridized carbons (Fsp3) is 0.571. The molecule has 1 aliphatic rings. The number of hydrogen-bond donors (Lipinski definition) is 1. The Balaban J connectivity index is 2.01. The zero-order valence-corrected chi connectivity index (χ0v) is 12.8. The van der Waals surface area contributed by atoms with Gasteiger partial charge in [0.2, 0.25) is 10.0 Å². The monoisotopic (exact) mass is 298 g/mol. The van der Waals surface area contributed by atoms with Crippen LogP contribution in [0.15, 0.2) is 24.3 Å². The molecule has 1 heterocycles. The number of nitrogens with zero attached hydrogens (tertiary/aromatic N) is 1. The van der Waals surface area contributed by atoms with Crippen LogP contribution in [-0.4, -0.2) is 46.1 Å². The first-order valence-corrected chi connectivity index (χ1v) is 8.39. The molecule has 1 N–H and O–H groups in total. The molecule has 1 saturated heterocycles. The van der Waals surface area contributed by atoms with Crippen LogP contribution in [0.25, 0.3) is 0 Å². The lowest BCUT2D eigenvalue weighted by Crippen LogP contribution is -2.31. The summed E-state index contributed by atoms with van der Waals surface area (Å²) in [4.78, 5) is 0. The minimum absolute atomic E-state index is 0.0304. The molecule has 1 aromatic rings. The van der Waals surface area contributed by atoms with Crippen LogP contribution in [0.1, 0.15) is 17.5 Å². The van der Waals surface area contributed by atoms with Crippen LogP contribution >= 0.6 is 0 Å². The number of rotatable bonds is 6. The smallest absolute Gasteiger partial charge is 0.218 e. The Labute approximate surface area is 121 Å². The van der Waals surface area contributed by atoms with Gasteiger partial charge in [0.05, 0.1) is 11.9 Å². The molecule has 0 saturated carbocycles. The molecule has 20 heavy (non-hydrogen) atoms. The van der Waals surface area contributed by atoms with Crippen LogP contribution in [0, 0.1) is 0 Å². The van der Waals surface area contributed by atoms with Crippen molar-refractivity contribution in [3.05, 3.63) is 35.4 Å². The normalized spacial score (nSPS) is 20.4. The van der Waals surface area contributed by atoms with Crippen LogP contribution in [0.3, 0.4) is 0 Å². The third kappa shape index (κ3) is 3.79. The molecule has 1 fully saturated rings. The van der Waals surface area contributed by atoms with Gasteiger partial charge >= 0.3 is 0 Å². The molecule has 0 aliphatic carbocycles. The van der Waals surface area contributed by atoms with E-state index in [1.807, 2.05) is 31.3 Å². The summed E-state index contributed by atoms with van der Waals surface area (Å²) in [6.45, 7) is 1.81. The Morgan fingerprint density at radius 2 is 1.95 bits per heavy atom. The Bertz CT molecular complexity index is 528. The van der Waals surface area contributed by atoms with E-state index < -0.39 is 10.0 Å². The van der Waals surface area contributed by atoms with Gasteiger partial charge in [-0.15, -0.1) is 0 Å². The maximum Gasteiger partial charge on any atom is 0.218 e. The molecule has 2 rings (SSSR count). The van der Waals surface area contributed by atoms with E-state index in [-0.39, 0.29) is 11.9 Å². The second-order valence-electron chi connectivity index (χ2n) is 5.11. The highest BCUT2D eigenvalue weighted by Gasteiger charge is 2.31. The first kappa shape index (κ1) is 15.4. The molecule has 5 nitrogen and oxygen atoms in total. The van der Waals surface area contributed by atoms with Gasteiger partial charge in [-0.2, -0.15) is 4.31 Å². The molecular formula is C14H22N2O3S. The average molecular weight is 298 g/mol. The Kier molecular flexibility index (Phi) is 5.15. The lowest BCUT2D eigenvalue weighted by atomic mass is 10.1. The summed E-state index contributed by atoms with van der Waals surface area (Å²) >= 11 is 0. The van der Waals surface area contributed by atoms with Gasteiger partial charge in [-0.3, -0.25) is 0 Å². The zero-order valence-electron chi connectivity index (χ0n) is 12.0. The van der Waals surface area contributed by atoms with Gasteiger partial charge in [0, 0.05) is 26.7 Å². The summed E-state index contributed by atoms with van der Waals surface area (Å²) < 4.78 is 31.4. The number of nitrogens with one attached hydrogen (secondary N) is 1. The SMILES string of the molecule is CNCc1ccc(CS(=O)(=O)N2CCC(OC)C2)cc1. The molecule has 0 amide bonds. The quantitative estimate of drug-likeness (QED) is 0.850. The van der Waals surface area contributed by atoms with E-state index in [1.165, 1.54) is 4.31 Å². The van der Waals surface area contributed by atoms with E-state index in [9.17, 15) is 8.42 Å². The summed E-state index contributed by atoms with van der Waals surface area (Å²) in [6.07, 6.45) is 0.805. The van der Waals surface area contributed by atoms with E-state index in [1.54, 1.807) is 7.11 Å². The van der Waals surface area contributed by atoms with Crippen molar-refractivity contribution in [2.24, 2.45) is 0 Å². The Hall–Kier alpha value is -0.950. The van der Waals surface area contributed by atoms with E-state index in [0.717, 1.165) is 24.1 Å². The maximum atomic E-state index is 12.3. The van der Waals surface area contributed by atoms with Crippen molar-refractivity contribution in [3.63, 3.8) is 0 Å². The van der Waals surface area contributed by atoms with Gasteiger partial charge < -0.3 is 10.1 Å². The highest BCUT2D eigenvalue weighted by Crippen LogP contribution is 2.19. The second-order valence-corrected chi connectivity index (χ2v) is 7.08. The third-order valence-corrected chi connectivity index (χ3v) is 5.40. The van der Waals surface area contributed by atoms with Crippen molar-refractivity contribution in [2.75, 3.05) is 27.2 Å². The molecule has 112 valence electrons. The van der Waals surface area contributed by atoms with Crippen LogP contribution in [0.4, 0.5) is 0 Å². The summed E-state index contributed by atoms with van der Waals surface area (Å²) in [5.74, 6) is 0.0588. The van der Waals surface area contributed by atoms with Gasteiger partial charge in [-0.25, -0.2) is 8.42 Å². The van der Waals surface area contributed by atoms with E-state index >= 15 is 0 Å².